The van der Waals surface area contributed by atoms with Gasteiger partial charge in [0.1, 0.15) is 6.07 Å². The molecule has 1 aliphatic heterocycles. The third kappa shape index (κ3) is 7.87. The maximum absolute atomic E-state index is 9.88. The molecule has 0 spiro atoms. The predicted molar refractivity (Wildman–Crippen MR) is 137 cm³/mol. The molecular formula is C25H34IN4O4S-. The van der Waals surface area contributed by atoms with E-state index >= 15 is 0 Å². The Morgan fingerprint density at radius 2 is 1.29 bits per heavy atom. The van der Waals surface area contributed by atoms with Gasteiger partial charge in [0.05, 0.1) is 43.4 Å². The highest BCUT2D eigenvalue weighted by atomic mass is 127. The van der Waals surface area contributed by atoms with Crippen LogP contribution in [0.4, 0.5) is 22.7 Å². The number of halogens is 1. The van der Waals surface area contributed by atoms with Crippen LogP contribution in [0, 0.1) is 11.3 Å². The lowest BCUT2D eigenvalue weighted by Gasteiger charge is -2.29. The number of hydrogen-bond donors (Lipinski definition) is 1. The van der Waals surface area contributed by atoms with Gasteiger partial charge in [-0.25, -0.2) is 0 Å². The standard InChI is InChI=1S/C25H34N4O4S.HI/c1-30-11-7-28(8-12-31-2)20-5-6-22-23(16-20)34-24-17-21(15-19(18-26)25(24)27-22)29(9-13-32-3)10-14-33-4;/h5-6,15-17,27H,7-14H2,1-4H3;1H/p-1. The minimum Gasteiger partial charge on any atom is -1.00 e. The van der Waals surface area contributed by atoms with Crippen LogP contribution < -0.4 is 39.1 Å². The van der Waals surface area contributed by atoms with Gasteiger partial charge in [-0.3, -0.25) is 0 Å². The normalized spacial score (nSPS) is 11.5. The minimum atomic E-state index is 0. The van der Waals surface area contributed by atoms with Crippen LogP contribution in [0.1, 0.15) is 5.56 Å². The van der Waals surface area contributed by atoms with Crippen molar-refractivity contribution in [3.05, 3.63) is 35.9 Å². The van der Waals surface area contributed by atoms with E-state index in [9.17, 15) is 5.26 Å². The summed E-state index contributed by atoms with van der Waals surface area (Å²) in [6.45, 7) is 5.48. The van der Waals surface area contributed by atoms with Gasteiger partial charge in [0, 0.05) is 75.8 Å². The summed E-state index contributed by atoms with van der Waals surface area (Å²) in [7, 11) is 6.81. The van der Waals surface area contributed by atoms with Crippen molar-refractivity contribution >= 4 is 34.5 Å². The quantitative estimate of drug-likeness (QED) is 0.268. The fourth-order valence-corrected chi connectivity index (χ4v) is 4.86. The first-order chi connectivity index (χ1) is 16.6. The first-order valence-corrected chi connectivity index (χ1v) is 12.1. The molecule has 0 radical (unpaired) electrons. The molecule has 0 saturated heterocycles. The Morgan fingerprint density at radius 3 is 1.80 bits per heavy atom. The highest BCUT2D eigenvalue weighted by Gasteiger charge is 2.22. The minimum absolute atomic E-state index is 0. The second kappa shape index (κ2) is 15.4. The molecule has 0 atom stereocenters. The second-order valence-electron chi connectivity index (χ2n) is 7.83. The van der Waals surface area contributed by atoms with Crippen molar-refractivity contribution in [1.29, 1.82) is 5.26 Å². The Morgan fingerprint density at radius 1 is 0.771 bits per heavy atom. The van der Waals surface area contributed by atoms with Gasteiger partial charge in [0.2, 0.25) is 0 Å². The van der Waals surface area contributed by atoms with Crippen LogP contribution >= 0.6 is 11.8 Å². The average Bonchev–Trinajstić information content (AvgIpc) is 2.86. The van der Waals surface area contributed by atoms with E-state index in [1.165, 1.54) is 0 Å². The fraction of sp³-hybridized carbons (Fsp3) is 0.480. The number of nitrogens with zero attached hydrogens (tertiary/aromatic N) is 3. The SMILES string of the molecule is COCCN(CCOC)c1ccc2c(c1)Sc1cc(N(CCOC)CCOC)cc(C#N)c1N2.[I-]. The van der Waals surface area contributed by atoms with E-state index in [4.69, 9.17) is 18.9 Å². The van der Waals surface area contributed by atoms with Gasteiger partial charge < -0.3 is 58.0 Å². The molecule has 1 N–H and O–H groups in total. The number of rotatable bonds is 14. The summed E-state index contributed by atoms with van der Waals surface area (Å²) in [6.07, 6.45) is 0. The molecule has 35 heavy (non-hydrogen) atoms. The summed E-state index contributed by atoms with van der Waals surface area (Å²) in [5.74, 6) is 0. The van der Waals surface area contributed by atoms with Crippen molar-refractivity contribution in [1.82, 2.24) is 0 Å². The first kappa shape index (κ1) is 29.5. The molecule has 0 aliphatic carbocycles. The number of nitrogens with one attached hydrogen (secondary N) is 1. The molecule has 0 aromatic heterocycles. The van der Waals surface area contributed by atoms with Crippen molar-refractivity contribution < 1.29 is 42.9 Å². The number of anilines is 4. The molecule has 0 saturated carbocycles. The van der Waals surface area contributed by atoms with Crippen LogP contribution in [0.5, 0.6) is 0 Å². The van der Waals surface area contributed by atoms with Crippen LogP contribution in [0.25, 0.3) is 0 Å². The average molecular weight is 614 g/mol. The van der Waals surface area contributed by atoms with E-state index in [1.807, 2.05) is 6.07 Å². The Kier molecular flexibility index (Phi) is 13.0. The van der Waals surface area contributed by atoms with Gasteiger partial charge in [-0.2, -0.15) is 5.26 Å². The molecule has 192 valence electrons. The molecule has 1 aliphatic rings. The van der Waals surface area contributed by atoms with Gasteiger partial charge in [-0.05, 0) is 30.3 Å². The zero-order chi connectivity index (χ0) is 24.3. The number of fused-ring (bicyclic) bond motifs is 2. The number of nitriles is 1. The highest BCUT2D eigenvalue weighted by molar-refractivity contribution is 7.99. The predicted octanol–water partition coefficient (Wildman–Crippen LogP) is 0.969. The van der Waals surface area contributed by atoms with Crippen LogP contribution in [-0.4, -0.2) is 81.0 Å². The molecule has 0 bridgehead atoms. The molecule has 0 amide bonds. The monoisotopic (exact) mass is 613 g/mol. The molecule has 3 rings (SSSR count). The lowest BCUT2D eigenvalue weighted by molar-refractivity contribution is -0.00000858. The summed E-state index contributed by atoms with van der Waals surface area (Å²) in [4.78, 5) is 6.60. The number of hydrogen-bond acceptors (Lipinski definition) is 9. The van der Waals surface area contributed by atoms with Gasteiger partial charge in [-0.1, -0.05) is 11.8 Å². The van der Waals surface area contributed by atoms with E-state index in [0.717, 1.165) is 58.7 Å². The molecule has 8 nitrogen and oxygen atoms in total. The van der Waals surface area contributed by atoms with E-state index in [2.05, 4.69) is 45.5 Å². The lowest BCUT2D eigenvalue weighted by atomic mass is 10.1. The third-order valence-corrected chi connectivity index (χ3v) is 6.74. The fourth-order valence-electron chi connectivity index (χ4n) is 3.78. The topological polar surface area (TPSA) is 79.2 Å². The number of ether oxygens (including phenoxy) is 4. The summed E-state index contributed by atoms with van der Waals surface area (Å²) < 4.78 is 21.2. The maximum Gasteiger partial charge on any atom is 0.101 e. The molecule has 0 fully saturated rings. The largest absolute Gasteiger partial charge is 1.00 e. The molecule has 2 aromatic carbocycles. The van der Waals surface area contributed by atoms with Crippen LogP contribution in [0.2, 0.25) is 0 Å². The van der Waals surface area contributed by atoms with E-state index in [-0.39, 0.29) is 24.0 Å². The summed E-state index contributed by atoms with van der Waals surface area (Å²) >= 11 is 1.68. The summed E-state index contributed by atoms with van der Waals surface area (Å²) in [5, 5.41) is 13.4. The Labute approximate surface area is 229 Å². The lowest BCUT2D eigenvalue weighted by Crippen LogP contribution is -3.00. The molecule has 1 heterocycles. The van der Waals surface area contributed by atoms with E-state index in [0.29, 0.717) is 32.0 Å². The zero-order valence-electron chi connectivity index (χ0n) is 20.8. The first-order valence-electron chi connectivity index (χ1n) is 11.3. The van der Waals surface area contributed by atoms with Crippen molar-refractivity contribution in [2.45, 2.75) is 9.79 Å². The van der Waals surface area contributed by atoms with Gasteiger partial charge >= 0.3 is 0 Å². The molecule has 0 unspecified atom stereocenters. The van der Waals surface area contributed by atoms with E-state index in [1.54, 1.807) is 40.2 Å². The number of methoxy groups -OCH3 is 4. The van der Waals surface area contributed by atoms with Gasteiger partial charge in [-0.15, -0.1) is 0 Å². The second-order valence-corrected chi connectivity index (χ2v) is 8.91. The van der Waals surface area contributed by atoms with Gasteiger partial charge in [0.25, 0.3) is 0 Å². The van der Waals surface area contributed by atoms with Crippen molar-refractivity contribution in [3.8, 4) is 6.07 Å². The summed E-state index contributed by atoms with van der Waals surface area (Å²) in [6, 6.07) is 12.8. The van der Waals surface area contributed by atoms with Crippen molar-refractivity contribution in [3.63, 3.8) is 0 Å². The smallest absolute Gasteiger partial charge is 0.101 e. The van der Waals surface area contributed by atoms with E-state index < -0.39 is 0 Å². The maximum atomic E-state index is 9.88. The highest BCUT2D eigenvalue weighted by Crippen LogP contribution is 2.48. The summed E-state index contributed by atoms with van der Waals surface area (Å²) in [5.41, 5.74) is 4.57. The Hall–Kier alpha value is -1.75. The van der Waals surface area contributed by atoms with Crippen molar-refractivity contribution in [2.24, 2.45) is 0 Å². The van der Waals surface area contributed by atoms with Crippen LogP contribution in [0.15, 0.2) is 40.1 Å². The molecule has 2 aromatic rings. The number of benzene rings is 2. The van der Waals surface area contributed by atoms with Gasteiger partial charge in [0.15, 0.2) is 0 Å². The Balaban J connectivity index is 0.00000432. The Bertz CT molecular complexity index is 973. The third-order valence-electron chi connectivity index (χ3n) is 5.64. The zero-order valence-corrected chi connectivity index (χ0v) is 23.8. The van der Waals surface area contributed by atoms with Crippen LogP contribution in [-0.2, 0) is 18.9 Å². The molecule has 10 heteroatoms. The van der Waals surface area contributed by atoms with Crippen LogP contribution in [0.3, 0.4) is 0 Å². The molecular weight excluding hydrogens is 579 g/mol. The van der Waals surface area contributed by atoms with Crippen molar-refractivity contribution in [2.75, 3.05) is 96.2 Å².